The summed E-state index contributed by atoms with van der Waals surface area (Å²) in [5.41, 5.74) is 0.734. The first-order valence-electron chi connectivity index (χ1n) is 7.95. The zero-order valence-electron chi connectivity index (χ0n) is 13.7. The molecule has 0 N–H and O–H groups in total. The molecule has 26 heavy (non-hydrogen) atoms. The number of aliphatic imine (C=N–C) groups is 2. The van der Waals surface area contributed by atoms with Gasteiger partial charge in [0.15, 0.2) is 6.17 Å². The Morgan fingerprint density at radius 1 is 0.577 bits per heavy atom. The molecule has 0 heterocycles. The molecule has 0 fully saturated rings. The third-order valence-electron chi connectivity index (χ3n) is 3.70. The summed E-state index contributed by atoms with van der Waals surface area (Å²) in [6, 6.07) is 18.2. The van der Waals surface area contributed by atoms with Gasteiger partial charge < -0.3 is 0 Å². The largest absolute Gasteiger partial charge is 0.261 e. The van der Waals surface area contributed by atoms with E-state index in [-0.39, 0.29) is 16.7 Å². The average Bonchev–Trinajstić information content (AvgIpc) is 2.65. The third-order valence-corrected chi connectivity index (χ3v) is 3.70. The van der Waals surface area contributed by atoms with Gasteiger partial charge in [-0.05, 0) is 18.2 Å². The summed E-state index contributed by atoms with van der Waals surface area (Å²) in [5, 5.41) is 0. The minimum absolute atomic E-state index is 0.215. The number of hydrogen-bond donors (Lipinski definition) is 0. The quantitative estimate of drug-likeness (QED) is 0.554. The molecular weight excluding hydrogens is 337 g/mol. The second-order valence-corrected chi connectivity index (χ2v) is 5.49. The number of benzene rings is 3. The Kier molecular flexibility index (Phi) is 5.59. The van der Waals surface area contributed by atoms with Crippen LogP contribution in [0, 0.1) is 17.5 Å². The summed E-state index contributed by atoms with van der Waals surface area (Å²) < 4.78 is 41.7. The van der Waals surface area contributed by atoms with Gasteiger partial charge in [-0.2, -0.15) is 0 Å². The topological polar surface area (TPSA) is 24.7 Å². The molecule has 3 rings (SSSR count). The lowest BCUT2D eigenvalue weighted by atomic mass is 10.1. The number of rotatable bonds is 5. The van der Waals surface area contributed by atoms with Crippen LogP contribution in [-0.4, -0.2) is 12.4 Å². The van der Waals surface area contributed by atoms with Crippen LogP contribution in [0.25, 0.3) is 0 Å². The molecule has 0 amide bonds. The predicted octanol–water partition coefficient (Wildman–Crippen LogP) is 5.34. The Hall–Kier alpha value is -3.21. The standard InChI is InChI=1S/C21H15F3N2/c22-18-10-4-1-7-15(18)13-25-21(17-9-3-6-12-20(17)24)26-14-16-8-2-5-11-19(16)23/h1-14,21H/b25-13+,26-14+. The molecule has 130 valence electrons. The number of halogens is 3. The van der Waals surface area contributed by atoms with Crippen molar-refractivity contribution in [2.24, 2.45) is 9.98 Å². The molecule has 0 saturated heterocycles. The Morgan fingerprint density at radius 3 is 1.46 bits per heavy atom. The van der Waals surface area contributed by atoms with Crippen molar-refractivity contribution in [3.8, 4) is 0 Å². The lowest BCUT2D eigenvalue weighted by Crippen LogP contribution is -1.99. The van der Waals surface area contributed by atoms with Crippen LogP contribution in [0.1, 0.15) is 22.9 Å². The fourth-order valence-electron chi connectivity index (χ4n) is 2.34. The van der Waals surface area contributed by atoms with Gasteiger partial charge in [-0.25, -0.2) is 13.2 Å². The van der Waals surface area contributed by atoms with Crippen molar-refractivity contribution in [3.63, 3.8) is 0 Å². The van der Waals surface area contributed by atoms with Crippen LogP contribution in [0.2, 0.25) is 0 Å². The van der Waals surface area contributed by atoms with Crippen molar-refractivity contribution in [2.75, 3.05) is 0 Å². The lowest BCUT2D eigenvalue weighted by Gasteiger charge is -2.09. The molecule has 0 bridgehead atoms. The first kappa shape index (κ1) is 17.6. The monoisotopic (exact) mass is 352 g/mol. The third kappa shape index (κ3) is 4.25. The van der Waals surface area contributed by atoms with Gasteiger partial charge in [-0.15, -0.1) is 0 Å². The maximum atomic E-state index is 14.2. The summed E-state index contributed by atoms with van der Waals surface area (Å²) >= 11 is 0. The SMILES string of the molecule is Fc1ccccc1/C=N/C(/N=C/c1ccccc1F)c1ccccc1F. The van der Waals surface area contributed by atoms with Crippen LogP contribution in [0.4, 0.5) is 13.2 Å². The van der Waals surface area contributed by atoms with Crippen molar-refractivity contribution in [1.29, 1.82) is 0 Å². The highest BCUT2D eigenvalue weighted by molar-refractivity contribution is 5.81. The molecule has 3 aromatic carbocycles. The van der Waals surface area contributed by atoms with Crippen molar-refractivity contribution in [2.45, 2.75) is 6.17 Å². The molecular formula is C21H15F3N2. The van der Waals surface area contributed by atoms with Crippen molar-refractivity contribution >= 4 is 12.4 Å². The Labute approximate surface area is 149 Å². The van der Waals surface area contributed by atoms with Gasteiger partial charge in [0.2, 0.25) is 0 Å². The highest BCUT2D eigenvalue weighted by Crippen LogP contribution is 2.22. The smallest absolute Gasteiger partial charge is 0.167 e. The van der Waals surface area contributed by atoms with Gasteiger partial charge in [0.1, 0.15) is 17.5 Å². The minimum Gasteiger partial charge on any atom is -0.261 e. The van der Waals surface area contributed by atoms with E-state index in [9.17, 15) is 13.2 Å². The van der Waals surface area contributed by atoms with Gasteiger partial charge in [0.25, 0.3) is 0 Å². The highest BCUT2D eigenvalue weighted by atomic mass is 19.1. The van der Waals surface area contributed by atoms with E-state index < -0.39 is 23.6 Å². The normalized spacial score (nSPS) is 11.7. The van der Waals surface area contributed by atoms with E-state index in [2.05, 4.69) is 9.98 Å². The molecule has 2 nitrogen and oxygen atoms in total. The molecule has 0 aliphatic rings. The van der Waals surface area contributed by atoms with Crippen molar-refractivity contribution < 1.29 is 13.2 Å². The van der Waals surface area contributed by atoms with Crippen LogP contribution in [0.5, 0.6) is 0 Å². The number of nitrogens with zero attached hydrogens (tertiary/aromatic N) is 2. The van der Waals surface area contributed by atoms with Gasteiger partial charge in [0, 0.05) is 29.1 Å². The summed E-state index contributed by atoms with van der Waals surface area (Å²) in [4.78, 5) is 8.41. The molecule has 3 aromatic rings. The van der Waals surface area contributed by atoms with E-state index in [0.717, 1.165) is 0 Å². The second kappa shape index (κ2) is 8.25. The maximum Gasteiger partial charge on any atom is 0.167 e. The molecule has 0 aliphatic carbocycles. The van der Waals surface area contributed by atoms with Crippen molar-refractivity contribution in [3.05, 3.63) is 107 Å². The highest BCUT2D eigenvalue weighted by Gasteiger charge is 2.12. The van der Waals surface area contributed by atoms with Crippen LogP contribution in [0.3, 0.4) is 0 Å². The van der Waals surface area contributed by atoms with E-state index in [1.165, 1.54) is 36.7 Å². The molecule has 0 aliphatic heterocycles. The fraction of sp³-hybridized carbons (Fsp3) is 0.0476. The molecule has 0 saturated carbocycles. The van der Waals surface area contributed by atoms with Gasteiger partial charge >= 0.3 is 0 Å². The fourth-order valence-corrected chi connectivity index (χ4v) is 2.34. The van der Waals surface area contributed by atoms with Crippen molar-refractivity contribution in [1.82, 2.24) is 0 Å². The zero-order valence-corrected chi connectivity index (χ0v) is 13.7. The molecule has 0 spiro atoms. The van der Waals surface area contributed by atoms with Crippen LogP contribution in [-0.2, 0) is 0 Å². The van der Waals surface area contributed by atoms with E-state index in [4.69, 9.17) is 0 Å². The van der Waals surface area contributed by atoms with Crippen LogP contribution >= 0.6 is 0 Å². The van der Waals surface area contributed by atoms with E-state index >= 15 is 0 Å². The summed E-state index contributed by atoms with van der Waals surface area (Å²) in [6.45, 7) is 0. The van der Waals surface area contributed by atoms with E-state index in [0.29, 0.717) is 0 Å². The molecule has 5 heteroatoms. The molecule has 0 radical (unpaired) electrons. The Balaban J connectivity index is 1.96. The molecule has 0 aromatic heterocycles. The average molecular weight is 352 g/mol. The minimum atomic E-state index is -0.963. The Morgan fingerprint density at radius 2 is 1.00 bits per heavy atom. The Bertz CT molecular complexity index is 896. The lowest BCUT2D eigenvalue weighted by molar-refractivity contribution is 0.590. The predicted molar refractivity (Wildman–Crippen MR) is 97.1 cm³/mol. The van der Waals surface area contributed by atoms with E-state index in [1.807, 2.05) is 0 Å². The first-order valence-corrected chi connectivity index (χ1v) is 7.95. The second-order valence-electron chi connectivity index (χ2n) is 5.49. The summed E-state index contributed by atoms with van der Waals surface area (Å²) in [5.74, 6) is -1.38. The van der Waals surface area contributed by atoms with Crippen LogP contribution < -0.4 is 0 Å². The zero-order chi connectivity index (χ0) is 18.4. The maximum absolute atomic E-state index is 14.2. The van der Waals surface area contributed by atoms with Crippen LogP contribution in [0.15, 0.2) is 82.8 Å². The molecule has 0 unspecified atom stereocenters. The first-order chi connectivity index (χ1) is 12.6. The van der Waals surface area contributed by atoms with Gasteiger partial charge in [-0.1, -0.05) is 54.6 Å². The summed E-state index contributed by atoms with van der Waals surface area (Å²) in [6.07, 6.45) is 1.63. The van der Waals surface area contributed by atoms with Gasteiger partial charge in [0.05, 0.1) is 0 Å². The molecule has 0 atom stereocenters. The number of hydrogen-bond acceptors (Lipinski definition) is 2. The van der Waals surface area contributed by atoms with E-state index in [1.54, 1.807) is 48.5 Å². The summed E-state index contributed by atoms with van der Waals surface area (Å²) in [7, 11) is 0. The van der Waals surface area contributed by atoms with Gasteiger partial charge in [-0.3, -0.25) is 9.98 Å².